The molecule has 1 unspecified atom stereocenters. The van der Waals surface area contributed by atoms with Gasteiger partial charge >= 0.3 is 0 Å². The van der Waals surface area contributed by atoms with E-state index in [9.17, 15) is 26.4 Å². The molecule has 1 spiro atoms. The Balaban J connectivity index is 1.44. The fourth-order valence-corrected chi connectivity index (χ4v) is 9.75. The lowest BCUT2D eigenvalue weighted by molar-refractivity contribution is 0.0944. The second-order valence-electron chi connectivity index (χ2n) is 11.1. The number of benzene rings is 3. The normalized spacial score (nSPS) is 23.8. The van der Waals surface area contributed by atoms with E-state index in [0.29, 0.717) is 24.3 Å². The van der Waals surface area contributed by atoms with E-state index in [4.69, 9.17) is 4.78 Å². The van der Waals surface area contributed by atoms with Gasteiger partial charge in [0.15, 0.2) is 0 Å². The van der Waals surface area contributed by atoms with E-state index < -0.39 is 56.1 Å². The van der Waals surface area contributed by atoms with Gasteiger partial charge in [0, 0.05) is 34.6 Å². The zero-order valence-corrected chi connectivity index (χ0v) is 24.1. The molecular formula is C30H29F4N3O3S2. The van der Waals surface area contributed by atoms with Gasteiger partial charge < -0.3 is 5.32 Å². The van der Waals surface area contributed by atoms with Crippen LogP contribution in [0.5, 0.6) is 0 Å². The van der Waals surface area contributed by atoms with Crippen LogP contribution >= 0.6 is 0 Å². The van der Waals surface area contributed by atoms with Gasteiger partial charge in [0.05, 0.1) is 22.2 Å². The lowest BCUT2D eigenvalue weighted by atomic mass is 9.70. The number of hydrogen-bond acceptors (Lipinski definition) is 4. The number of carbonyl (C=O) groups excluding carboxylic acids is 1. The Hall–Kier alpha value is -3.25. The largest absolute Gasteiger partial charge is 0.348 e. The topological polar surface area (TPSA) is 90.3 Å². The zero-order chi connectivity index (χ0) is 29.8. The maximum absolute atomic E-state index is 16.7. The summed E-state index contributed by atoms with van der Waals surface area (Å²) in [6, 6.07) is 12.4. The molecule has 2 aliphatic heterocycles. The number of alkyl halides is 2. The van der Waals surface area contributed by atoms with Gasteiger partial charge in [0.1, 0.15) is 11.6 Å². The first kappa shape index (κ1) is 28.9. The minimum Gasteiger partial charge on any atom is -0.348 e. The molecule has 1 amide bonds. The van der Waals surface area contributed by atoms with Crippen LogP contribution in [0.3, 0.4) is 0 Å². The van der Waals surface area contributed by atoms with Crippen LogP contribution in [0.15, 0.2) is 65.6 Å². The van der Waals surface area contributed by atoms with Crippen molar-refractivity contribution < 1.29 is 30.8 Å². The number of anilines is 1. The molecule has 3 aromatic carbocycles. The molecule has 3 aromatic rings. The van der Waals surface area contributed by atoms with Crippen LogP contribution < -0.4 is 9.62 Å². The second-order valence-corrected chi connectivity index (χ2v) is 14.7. The highest BCUT2D eigenvalue weighted by Crippen LogP contribution is 2.59. The average molecular weight is 620 g/mol. The third kappa shape index (κ3) is 4.82. The maximum Gasteiger partial charge on any atom is 0.264 e. The molecule has 1 atom stereocenters. The van der Waals surface area contributed by atoms with E-state index >= 15 is 4.39 Å². The predicted molar refractivity (Wildman–Crippen MR) is 152 cm³/mol. The third-order valence-corrected chi connectivity index (χ3v) is 11.9. The van der Waals surface area contributed by atoms with Crippen molar-refractivity contribution in [3.05, 3.63) is 94.6 Å². The number of hydrogen-bond donors (Lipinski definition) is 2. The Labute approximate surface area is 244 Å². The van der Waals surface area contributed by atoms with Crippen LogP contribution in [-0.2, 0) is 32.7 Å². The molecule has 1 aliphatic carbocycles. The smallest absolute Gasteiger partial charge is 0.264 e. The molecule has 1 saturated carbocycles. The summed E-state index contributed by atoms with van der Waals surface area (Å²) in [6.07, 6.45) is -0.419. The van der Waals surface area contributed by atoms with Crippen LogP contribution in [0.2, 0.25) is 0 Å². The molecule has 6 nitrogen and oxygen atoms in total. The minimum atomic E-state index is -4.24. The van der Waals surface area contributed by atoms with E-state index in [-0.39, 0.29) is 45.3 Å². The van der Waals surface area contributed by atoms with Gasteiger partial charge in [0.25, 0.3) is 22.4 Å². The van der Waals surface area contributed by atoms with Crippen LogP contribution in [0.25, 0.3) is 0 Å². The lowest BCUT2D eigenvalue weighted by Crippen LogP contribution is -2.51. The van der Waals surface area contributed by atoms with Crippen molar-refractivity contribution in [2.24, 2.45) is 5.92 Å². The Morgan fingerprint density at radius 1 is 1.02 bits per heavy atom. The molecule has 1 saturated heterocycles. The standard InChI is InChI=1S/C30H29F4N3O3S2/c31-20-7-9-21(10-8-20)42(39,40)37-24-12-11-23(29(38)36-17-19-3-1-2-4-22(19)28(33)34)26(32)25(24)30(27(37)18-5-6-18)13-15-41(35)16-14-30/h1-4,7-12,18,27-28,35H,5-6,13-17H2,(H,36,38). The van der Waals surface area contributed by atoms with Crippen LogP contribution in [0.4, 0.5) is 23.2 Å². The number of sulfonamides is 1. The maximum atomic E-state index is 16.7. The molecular weight excluding hydrogens is 590 g/mol. The van der Waals surface area contributed by atoms with Crippen molar-refractivity contribution in [2.45, 2.75) is 55.0 Å². The SMILES string of the molecule is N=S1CCC2(CC1)c1c(ccc(C(=O)NCc3ccccc3C(F)F)c1F)N(S(=O)(=O)c1ccc(F)cc1)C2C1CC1. The molecule has 6 rings (SSSR count). The molecule has 0 bridgehead atoms. The Morgan fingerprint density at radius 3 is 2.33 bits per heavy atom. The van der Waals surface area contributed by atoms with Gasteiger partial charge in [0.2, 0.25) is 0 Å². The summed E-state index contributed by atoms with van der Waals surface area (Å²) in [6.45, 7) is -0.238. The van der Waals surface area contributed by atoms with Gasteiger partial charge in [-0.25, -0.2) is 26.0 Å². The molecule has 2 N–H and O–H groups in total. The summed E-state index contributed by atoms with van der Waals surface area (Å²) in [5, 5.41) is 2.55. The monoisotopic (exact) mass is 619 g/mol. The Morgan fingerprint density at radius 2 is 1.69 bits per heavy atom. The van der Waals surface area contributed by atoms with Crippen LogP contribution in [-0.4, -0.2) is 31.9 Å². The first-order valence-electron chi connectivity index (χ1n) is 13.7. The Bertz CT molecular complexity index is 1670. The number of amides is 1. The summed E-state index contributed by atoms with van der Waals surface area (Å²) in [4.78, 5) is 13.2. The van der Waals surface area contributed by atoms with E-state index in [1.54, 1.807) is 6.07 Å². The van der Waals surface area contributed by atoms with Gasteiger partial charge in [-0.2, -0.15) is 0 Å². The van der Waals surface area contributed by atoms with Crippen molar-refractivity contribution >= 4 is 32.3 Å². The predicted octanol–water partition coefficient (Wildman–Crippen LogP) is 6.23. The van der Waals surface area contributed by atoms with Gasteiger partial charge in [-0.1, -0.05) is 24.3 Å². The van der Waals surface area contributed by atoms with E-state index in [2.05, 4.69) is 5.32 Å². The number of halogens is 4. The molecule has 2 fully saturated rings. The first-order chi connectivity index (χ1) is 20.0. The fourth-order valence-electron chi connectivity index (χ4n) is 6.54. The lowest BCUT2D eigenvalue weighted by Gasteiger charge is -2.42. The van der Waals surface area contributed by atoms with Crippen LogP contribution in [0, 0.1) is 22.3 Å². The third-order valence-electron chi connectivity index (χ3n) is 8.68. The van der Waals surface area contributed by atoms with E-state index in [0.717, 1.165) is 25.0 Å². The van der Waals surface area contributed by atoms with E-state index in [1.807, 2.05) is 0 Å². The zero-order valence-electron chi connectivity index (χ0n) is 22.5. The van der Waals surface area contributed by atoms with Crippen molar-refractivity contribution in [1.29, 1.82) is 4.78 Å². The molecule has 42 heavy (non-hydrogen) atoms. The summed E-state index contributed by atoms with van der Waals surface area (Å²) in [5.74, 6) is -1.28. The molecule has 2 heterocycles. The second kappa shape index (κ2) is 10.8. The van der Waals surface area contributed by atoms with Crippen molar-refractivity contribution in [1.82, 2.24) is 5.32 Å². The highest BCUT2D eigenvalue weighted by Gasteiger charge is 2.61. The van der Waals surface area contributed by atoms with Gasteiger partial charge in [-0.05, 0) is 73.6 Å². The molecule has 0 aromatic heterocycles. The van der Waals surface area contributed by atoms with Crippen LogP contribution in [0.1, 0.15) is 59.2 Å². The van der Waals surface area contributed by atoms with Crippen molar-refractivity contribution in [2.75, 3.05) is 15.8 Å². The van der Waals surface area contributed by atoms with Gasteiger partial charge in [-0.15, -0.1) is 10.7 Å². The number of fused-ring (bicyclic) bond motifs is 2. The summed E-state index contributed by atoms with van der Waals surface area (Å²) in [7, 11) is -4.88. The Kier molecular flexibility index (Phi) is 7.41. The van der Waals surface area contributed by atoms with Crippen molar-refractivity contribution in [3.63, 3.8) is 0 Å². The highest BCUT2D eigenvalue weighted by atomic mass is 32.2. The summed E-state index contributed by atoms with van der Waals surface area (Å²) in [5.41, 5.74) is -0.945. The number of nitrogens with one attached hydrogen (secondary N) is 2. The van der Waals surface area contributed by atoms with Crippen molar-refractivity contribution in [3.8, 4) is 0 Å². The number of carbonyl (C=O) groups is 1. The fraction of sp³-hybridized carbons (Fsp3) is 0.367. The average Bonchev–Trinajstić information content (AvgIpc) is 3.76. The number of rotatable bonds is 7. The summed E-state index contributed by atoms with van der Waals surface area (Å²) < 4.78 is 95.1. The molecule has 3 aliphatic rings. The molecule has 222 valence electrons. The number of nitrogens with zero attached hydrogens (tertiary/aromatic N) is 1. The first-order valence-corrected chi connectivity index (χ1v) is 16.7. The highest BCUT2D eigenvalue weighted by molar-refractivity contribution is 7.93. The summed E-state index contributed by atoms with van der Waals surface area (Å²) >= 11 is 0. The van der Waals surface area contributed by atoms with Gasteiger partial charge in [-0.3, -0.25) is 13.9 Å². The van der Waals surface area contributed by atoms with E-state index in [1.165, 1.54) is 46.8 Å². The molecule has 0 radical (unpaired) electrons. The quantitative estimate of drug-likeness (QED) is 0.307. The minimum absolute atomic E-state index is 0.0271. The molecule has 12 heteroatoms.